The molecule has 0 spiro atoms. The fourth-order valence-electron chi connectivity index (χ4n) is 11.2. The number of carbonyl (C=O) groups is 4. The number of aliphatic hydroxyl groups is 1. The summed E-state index contributed by atoms with van der Waals surface area (Å²) in [5.41, 5.74) is 0. The minimum Gasteiger partial charge on any atom is -0.462 e. The van der Waals surface area contributed by atoms with Crippen molar-refractivity contribution in [3.63, 3.8) is 0 Å². The number of hydrogen-bond donors (Lipinski definition) is 3. The number of hydrogen-bond acceptors (Lipinski definition) is 15. The number of phosphoric acid groups is 2. The van der Waals surface area contributed by atoms with Crippen molar-refractivity contribution < 1.29 is 80.2 Å². The van der Waals surface area contributed by atoms with Gasteiger partial charge in [-0.05, 0) is 49.4 Å². The van der Waals surface area contributed by atoms with Crippen LogP contribution in [0.1, 0.15) is 370 Å². The van der Waals surface area contributed by atoms with Crippen molar-refractivity contribution in [2.75, 3.05) is 39.6 Å². The summed E-state index contributed by atoms with van der Waals surface area (Å²) in [6.45, 7) is 14.1. The van der Waals surface area contributed by atoms with Crippen molar-refractivity contribution in [3.05, 3.63) is 0 Å². The van der Waals surface area contributed by atoms with E-state index in [1.165, 1.54) is 173 Å². The second-order valence-electron chi connectivity index (χ2n) is 28.6. The third-order valence-corrected chi connectivity index (χ3v) is 19.0. The van der Waals surface area contributed by atoms with Crippen molar-refractivity contribution in [1.29, 1.82) is 0 Å². The molecule has 0 aliphatic rings. The smallest absolute Gasteiger partial charge is 0.462 e. The minimum atomic E-state index is -4.96. The van der Waals surface area contributed by atoms with Gasteiger partial charge in [0, 0.05) is 25.7 Å². The summed E-state index contributed by atoms with van der Waals surface area (Å²) in [6.07, 6.45) is 47.4. The van der Waals surface area contributed by atoms with Crippen LogP contribution in [0, 0.1) is 23.7 Å². The van der Waals surface area contributed by atoms with Crippen LogP contribution in [0.5, 0.6) is 0 Å². The lowest BCUT2D eigenvalue weighted by Gasteiger charge is -2.21. The van der Waals surface area contributed by atoms with E-state index in [2.05, 4.69) is 55.4 Å². The Morgan fingerprint density at radius 2 is 0.452 bits per heavy atom. The van der Waals surface area contributed by atoms with Gasteiger partial charge in [0.15, 0.2) is 12.2 Å². The summed E-state index contributed by atoms with van der Waals surface area (Å²) in [6, 6.07) is 0. The Labute approximate surface area is 568 Å². The SMILES string of the molecule is CC(C)CCCCCCCCCCCCCCCCC(=O)OC[C@H](COP(=O)(O)OCC(O)COP(=O)(O)OC[C@@H](COC(=O)CCCCCCCCCCC(C)C)OC(=O)CCCCCCCCC(C)C)OC(=O)CCCCCCCCCCCCCCCC(C)C. The lowest BCUT2D eigenvalue weighted by Crippen LogP contribution is -2.30. The van der Waals surface area contributed by atoms with Crippen LogP contribution in [-0.2, 0) is 65.4 Å². The number of rotatable bonds is 71. The molecule has 0 amide bonds. The van der Waals surface area contributed by atoms with Gasteiger partial charge in [-0.15, -0.1) is 0 Å². The average molecular weight is 1370 g/mol. The van der Waals surface area contributed by atoms with Crippen molar-refractivity contribution in [3.8, 4) is 0 Å². The first-order valence-electron chi connectivity index (χ1n) is 38.2. The zero-order valence-corrected chi connectivity index (χ0v) is 62.7. The van der Waals surface area contributed by atoms with Gasteiger partial charge < -0.3 is 33.8 Å². The fourth-order valence-corrected chi connectivity index (χ4v) is 12.8. The van der Waals surface area contributed by atoms with Gasteiger partial charge in [-0.25, -0.2) is 9.13 Å². The molecule has 0 saturated carbocycles. The summed E-state index contributed by atoms with van der Waals surface area (Å²) in [5.74, 6) is 0.854. The Bertz CT molecular complexity index is 1830. The number of aliphatic hydroxyl groups excluding tert-OH is 1. The van der Waals surface area contributed by atoms with Gasteiger partial charge in [-0.3, -0.25) is 37.3 Å². The van der Waals surface area contributed by atoms with Gasteiger partial charge in [-0.2, -0.15) is 0 Å². The quantitative estimate of drug-likeness (QED) is 0.0222. The van der Waals surface area contributed by atoms with E-state index in [-0.39, 0.29) is 25.7 Å². The van der Waals surface area contributed by atoms with E-state index in [0.29, 0.717) is 31.6 Å². The molecule has 0 aromatic carbocycles. The first-order chi connectivity index (χ1) is 44.6. The van der Waals surface area contributed by atoms with E-state index in [4.69, 9.17) is 37.0 Å². The third kappa shape index (κ3) is 68.4. The molecule has 552 valence electrons. The number of phosphoric ester groups is 2. The summed E-state index contributed by atoms with van der Waals surface area (Å²) in [7, 11) is -9.91. The minimum absolute atomic E-state index is 0.101. The molecule has 0 radical (unpaired) electrons. The molecule has 0 aliphatic heterocycles. The summed E-state index contributed by atoms with van der Waals surface area (Å²) < 4.78 is 68.4. The van der Waals surface area contributed by atoms with E-state index >= 15 is 0 Å². The summed E-state index contributed by atoms with van der Waals surface area (Å²) in [5, 5.41) is 10.6. The Balaban J connectivity index is 5.22. The Hall–Kier alpha value is -1.94. The monoisotopic (exact) mass is 1370 g/mol. The maximum absolute atomic E-state index is 13.1. The molecule has 0 aliphatic carbocycles. The highest BCUT2D eigenvalue weighted by atomic mass is 31.2. The standard InChI is InChI=1S/C74H144O17P2/c1-64(2)50-42-34-26-20-16-12-9-10-14-18-22-29-38-46-54-71(76)84-60-69(90-73(78)56-48-40-31-23-19-15-11-13-17-21-27-35-43-51-65(3)4)62-88-92(80,81)86-58-68(75)59-87-93(82,83)89-63-70(91-74(79)57-49-41-33-32-37-45-53-67(7)8)61-85-72(77)55-47-39-30-25-24-28-36-44-52-66(5)6/h64-70,75H,9-63H2,1-8H3,(H,80,81)(H,82,83)/t68?,69-,70-/m1/s1. The molecule has 0 aromatic rings. The molecule has 93 heavy (non-hydrogen) atoms. The van der Waals surface area contributed by atoms with E-state index < -0.39 is 97.5 Å². The Morgan fingerprint density at radius 1 is 0.269 bits per heavy atom. The van der Waals surface area contributed by atoms with Crippen LogP contribution in [0.2, 0.25) is 0 Å². The maximum Gasteiger partial charge on any atom is 0.472 e. The molecule has 0 rings (SSSR count). The first-order valence-corrected chi connectivity index (χ1v) is 41.2. The zero-order valence-electron chi connectivity index (χ0n) is 60.9. The van der Waals surface area contributed by atoms with Gasteiger partial charge in [0.2, 0.25) is 0 Å². The number of carbonyl (C=O) groups excluding carboxylic acids is 4. The predicted molar refractivity (Wildman–Crippen MR) is 377 cm³/mol. The van der Waals surface area contributed by atoms with Crippen molar-refractivity contribution in [1.82, 2.24) is 0 Å². The van der Waals surface area contributed by atoms with Crippen LogP contribution < -0.4 is 0 Å². The summed E-state index contributed by atoms with van der Waals surface area (Å²) >= 11 is 0. The van der Waals surface area contributed by atoms with E-state index in [1.54, 1.807) is 0 Å². The van der Waals surface area contributed by atoms with Crippen molar-refractivity contribution in [2.45, 2.75) is 388 Å². The van der Waals surface area contributed by atoms with Crippen LogP contribution in [0.4, 0.5) is 0 Å². The molecule has 0 aromatic heterocycles. The molecule has 0 bridgehead atoms. The maximum atomic E-state index is 13.1. The van der Waals surface area contributed by atoms with Gasteiger partial charge in [0.25, 0.3) is 0 Å². The van der Waals surface area contributed by atoms with Gasteiger partial charge in [-0.1, -0.05) is 319 Å². The molecule has 17 nitrogen and oxygen atoms in total. The van der Waals surface area contributed by atoms with Crippen molar-refractivity contribution in [2.24, 2.45) is 23.7 Å². The molecule has 19 heteroatoms. The fraction of sp³-hybridized carbons (Fsp3) is 0.946. The Kier molecular flexibility index (Phi) is 62.2. The molecule has 0 fully saturated rings. The normalized spacial score (nSPS) is 14.2. The highest BCUT2D eigenvalue weighted by Crippen LogP contribution is 2.45. The van der Waals surface area contributed by atoms with Gasteiger partial charge in [0.05, 0.1) is 26.4 Å². The van der Waals surface area contributed by atoms with Crippen LogP contribution >= 0.6 is 15.6 Å². The molecular formula is C74H144O17P2. The molecule has 5 atom stereocenters. The molecule has 3 unspecified atom stereocenters. The van der Waals surface area contributed by atoms with E-state index in [0.717, 1.165) is 108 Å². The predicted octanol–water partition coefficient (Wildman–Crippen LogP) is 21.3. The molecular weight excluding hydrogens is 1220 g/mol. The molecule has 3 N–H and O–H groups in total. The van der Waals surface area contributed by atoms with Gasteiger partial charge >= 0.3 is 39.5 Å². The third-order valence-electron chi connectivity index (χ3n) is 17.1. The van der Waals surface area contributed by atoms with Crippen LogP contribution in [0.15, 0.2) is 0 Å². The second kappa shape index (κ2) is 63.5. The van der Waals surface area contributed by atoms with Crippen LogP contribution in [0.25, 0.3) is 0 Å². The largest absolute Gasteiger partial charge is 0.472 e. The highest BCUT2D eigenvalue weighted by Gasteiger charge is 2.30. The zero-order chi connectivity index (χ0) is 68.9. The van der Waals surface area contributed by atoms with Crippen LogP contribution in [-0.4, -0.2) is 96.7 Å². The lowest BCUT2D eigenvalue weighted by molar-refractivity contribution is -0.161. The molecule has 0 heterocycles. The number of unbranched alkanes of at least 4 members (excludes halogenated alkanes) is 37. The van der Waals surface area contributed by atoms with E-state index in [9.17, 15) is 43.2 Å². The Morgan fingerprint density at radius 3 is 0.667 bits per heavy atom. The topological polar surface area (TPSA) is 237 Å². The first kappa shape index (κ1) is 91.1. The van der Waals surface area contributed by atoms with Crippen LogP contribution in [0.3, 0.4) is 0 Å². The average Bonchev–Trinajstić information content (AvgIpc) is 3.27. The van der Waals surface area contributed by atoms with Gasteiger partial charge in [0.1, 0.15) is 19.3 Å². The molecule has 0 saturated heterocycles. The van der Waals surface area contributed by atoms with E-state index in [1.807, 2.05) is 0 Å². The highest BCUT2D eigenvalue weighted by molar-refractivity contribution is 7.47. The number of ether oxygens (including phenoxy) is 4. The lowest BCUT2D eigenvalue weighted by atomic mass is 10.0. The second-order valence-corrected chi connectivity index (χ2v) is 31.5. The number of esters is 4. The summed E-state index contributed by atoms with van der Waals surface area (Å²) in [4.78, 5) is 72.7. The van der Waals surface area contributed by atoms with Crippen molar-refractivity contribution >= 4 is 39.5 Å².